The first-order chi connectivity index (χ1) is 10.6. The third-order valence-corrected chi connectivity index (χ3v) is 5.15. The van der Waals surface area contributed by atoms with E-state index in [2.05, 4.69) is 41.8 Å². The molecule has 0 bridgehead atoms. The van der Waals surface area contributed by atoms with Crippen molar-refractivity contribution in [3.63, 3.8) is 0 Å². The molecule has 0 unspecified atom stereocenters. The van der Waals surface area contributed by atoms with Crippen LogP contribution in [0, 0.1) is 6.92 Å². The highest BCUT2D eigenvalue weighted by Crippen LogP contribution is 2.33. The van der Waals surface area contributed by atoms with Gasteiger partial charge in [-0.05, 0) is 35.9 Å². The van der Waals surface area contributed by atoms with Crippen LogP contribution in [-0.2, 0) is 13.0 Å². The predicted octanol–water partition coefficient (Wildman–Crippen LogP) is 5.58. The van der Waals surface area contributed by atoms with E-state index in [1.54, 1.807) is 15.9 Å². The lowest BCUT2D eigenvalue weighted by Gasteiger charge is -2.09. The van der Waals surface area contributed by atoms with Gasteiger partial charge in [0, 0.05) is 17.5 Å². The zero-order chi connectivity index (χ0) is 15.7. The Hall–Kier alpha value is -1.23. The number of hydrogen-bond acceptors (Lipinski definition) is 3. The molecule has 0 aromatic carbocycles. The lowest BCUT2D eigenvalue weighted by molar-refractivity contribution is 0.895. The minimum Gasteiger partial charge on any atom is -0.378 e. The van der Waals surface area contributed by atoms with Gasteiger partial charge in [0.1, 0.15) is 5.15 Å². The number of thiophene rings is 1. The van der Waals surface area contributed by atoms with Gasteiger partial charge in [0.05, 0.1) is 11.2 Å². The lowest BCUT2D eigenvalue weighted by Crippen LogP contribution is -2.02. The summed E-state index contributed by atoms with van der Waals surface area (Å²) in [4.78, 5) is 1.27. The molecule has 3 rings (SSSR count). The highest BCUT2D eigenvalue weighted by atomic mass is 35.5. The summed E-state index contributed by atoms with van der Waals surface area (Å²) in [7, 11) is 0. The number of fused-ring (bicyclic) bond motifs is 1. The standard InChI is InChI=1S/C16H17Cl2N3S/c1-3-5-12-10(2)15-13(19-9-11-6-4-7-22-11)8-14(17)20-21(15)16(12)18/h4,6-8,19H,3,5,9H2,1-2H3. The topological polar surface area (TPSA) is 29.3 Å². The number of rotatable bonds is 5. The molecule has 0 aliphatic carbocycles. The molecular weight excluding hydrogens is 337 g/mol. The van der Waals surface area contributed by atoms with E-state index in [4.69, 9.17) is 23.2 Å². The average Bonchev–Trinajstić information content (AvgIpc) is 3.08. The van der Waals surface area contributed by atoms with Crippen molar-refractivity contribution >= 4 is 45.7 Å². The quantitative estimate of drug-likeness (QED) is 0.648. The van der Waals surface area contributed by atoms with E-state index < -0.39 is 0 Å². The van der Waals surface area contributed by atoms with Gasteiger partial charge in [-0.2, -0.15) is 5.10 Å². The number of hydrogen-bond donors (Lipinski definition) is 1. The molecule has 3 heterocycles. The molecule has 3 nitrogen and oxygen atoms in total. The minimum absolute atomic E-state index is 0.432. The molecule has 1 N–H and O–H groups in total. The highest BCUT2D eigenvalue weighted by Gasteiger charge is 2.18. The zero-order valence-corrected chi connectivity index (χ0v) is 14.8. The Morgan fingerprint density at radius 1 is 1.36 bits per heavy atom. The first-order valence-corrected chi connectivity index (χ1v) is 8.87. The molecule has 0 saturated heterocycles. The minimum atomic E-state index is 0.432. The second-order valence-electron chi connectivity index (χ2n) is 5.22. The fraction of sp³-hybridized carbons (Fsp3) is 0.312. The van der Waals surface area contributed by atoms with Crippen molar-refractivity contribution in [1.29, 1.82) is 0 Å². The van der Waals surface area contributed by atoms with Crippen LogP contribution >= 0.6 is 34.5 Å². The van der Waals surface area contributed by atoms with Gasteiger partial charge in [-0.25, -0.2) is 4.52 Å². The molecular formula is C16H17Cl2N3S. The van der Waals surface area contributed by atoms with Crippen LogP contribution < -0.4 is 5.32 Å². The van der Waals surface area contributed by atoms with Crippen LogP contribution in [0.2, 0.25) is 10.3 Å². The smallest absolute Gasteiger partial charge is 0.152 e. The van der Waals surface area contributed by atoms with Gasteiger partial charge in [0.25, 0.3) is 0 Å². The van der Waals surface area contributed by atoms with Crippen molar-refractivity contribution in [2.24, 2.45) is 0 Å². The third-order valence-electron chi connectivity index (χ3n) is 3.70. The Labute approximate surface area is 143 Å². The summed E-state index contributed by atoms with van der Waals surface area (Å²) in [6.45, 7) is 5.01. The predicted molar refractivity (Wildman–Crippen MR) is 95.6 cm³/mol. The first-order valence-electron chi connectivity index (χ1n) is 7.24. The van der Waals surface area contributed by atoms with Crippen molar-refractivity contribution in [2.45, 2.75) is 33.2 Å². The van der Waals surface area contributed by atoms with Crippen molar-refractivity contribution in [2.75, 3.05) is 5.32 Å². The molecule has 0 radical (unpaired) electrons. The summed E-state index contributed by atoms with van der Waals surface area (Å²) in [6.07, 6.45) is 1.99. The van der Waals surface area contributed by atoms with E-state index in [-0.39, 0.29) is 0 Å². The fourth-order valence-corrected chi connectivity index (χ4v) is 3.86. The summed E-state index contributed by atoms with van der Waals surface area (Å²) in [5.74, 6) is 0. The van der Waals surface area contributed by atoms with E-state index in [0.29, 0.717) is 10.3 Å². The van der Waals surface area contributed by atoms with Crippen molar-refractivity contribution in [1.82, 2.24) is 9.61 Å². The van der Waals surface area contributed by atoms with Gasteiger partial charge in [-0.15, -0.1) is 11.3 Å². The van der Waals surface area contributed by atoms with Gasteiger partial charge in [0.2, 0.25) is 0 Å². The molecule has 0 atom stereocenters. The molecule has 3 aromatic rings. The highest BCUT2D eigenvalue weighted by molar-refractivity contribution is 7.09. The third kappa shape index (κ3) is 2.83. The maximum atomic E-state index is 6.50. The summed E-state index contributed by atoms with van der Waals surface area (Å²) < 4.78 is 1.75. The van der Waals surface area contributed by atoms with Gasteiger partial charge in [-0.3, -0.25) is 0 Å². The van der Waals surface area contributed by atoms with E-state index in [9.17, 15) is 0 Å². The summed E-state index contributed by atoms with van der Waals surface area (Å²) >= 11 is 14.4. The second-order valence-corrected chi connectivity index (χ2v) is 7.00. The molecule has 0 saturated carbocycles. The van der Waals surface area contributed by atoms with Crippen LogP contribution in [0.25, 0.3) is 5.52 Å². The number of nitrogens with zero attached hydrogens (tertiary/aromatic N) is 2. The number of aryl methyl sites for hydroxylation is 1. The maximum absolute atomic E-state index is 6.50. The van der Waals surface area contributed by atoms with Crippen molar-refractivity contribution < 1.29 is 0 Å². The molecule has 3 aromatic heterocycles. The Morgan fingerprint density at radius 2 is 2.18 bits per heavy atom. The Balaban J connectivity index is 2.06. The first kappa shape index (κ1) is 15.7. The van der Waals surface area contributed by atoms with E-state index in [1.807, 2.05) is 6.07 Å². The fourth-order valence-electron chi connectivity index (χ4n) is 2.68. The SMILES string of the molecule is CCCc1c(C)c2c(NCc3cccs3)cc(Cl)nn2c1Cl. The number of nitrogens with one attached hydrogen (secondary N) is 1. The Kier molecular flexibility index (Phi) is 4.62. The zero-order valence-electron chi connectivity index (χ0n) is 12.5. The van der Waals surface area contributed by atoms with Crippen LogP contribution in [0.3, 0.4) is 0 Å². The van der Waals surface area contributed by atoms with Gasteiger partial charge < -0.3 is 5.32 Å². The lowest BCUT2D eigenvalue weighted by atomic mass is 10.1. The van der Waals surface area contributed by atoms with Crippen LogP contribution in [0.1, 0.15) is 29.3 Å². The van der Waals surface area contributed by atoms with Crippen molar-refractivity contribution in [3.8, 4) is 0 Å². The molecule has 0 amide bonds. The summed E-state index contributed by atoms with van der Waals surface area (Å²) in [5, 5.41) is 11.0. The molecule has 0 aliphatic heterocycles. The van der Waals surface area contributed by atoms with Gasteiger partial charge in [-0.1, -0.05) is 42.6 Å². The molecule has 0 fully saturated rings. The van der Waals surface area contributed by atoms with Crippen LogP contribution in [0.5, 0.6) is 0 Å². The van der Waals surface area contributed by atoms with E-state index in [0.717, 1.165) is 36.2 Å². The van der Waals surface area contributed by atoms with Gasteiger partial charge >= 0.3 is 0 Å². The Morgan fingerprint density at radius 3 is 2.86 bits per heavy atom. The largest absolute Gasteiger partial charge is 0.378 e. The van der Waals surface area contributed by atoms with Crippen molar-refractivity contribution in [3.05, 3.63) is 49.9 Å². The summed E-state index contributed by atoms with van der Waals surface area (Å²) in [6, 6.07) is 6.03. The maximum Gasteiger partial charge on any atom is 0.152 e. The van der Waals surface area contributed by atoms with E-state index in [1.165, 1.54) is 10.4 Å². The van der Waals surface area contributed by atoms with Crippen LogP contribution in [0.15, 0.2) is 23.6 Å². The normalized spacial score (nSPS) is 11.3. The average molecular weight is 354 g/mol. The van der Waals surface area contributed by atoms with Crippen LogP contribution in [0.4, 0.5) is 5.69 Å². The summed E-state index contributed by atoms with van der Waals surface area (Å²) in [5.41, 5.74) is 4.30. The monoisotopic (exact) mass is 353 g/mol. The molecule has 0 spiro atoms. The molecule has 0 aliphatic rings. The number of aromatic nitrogens is 2. The molecule has 22 heavy (non-hydrogen) atoms. The number of halogens is 2. The molecule has 6 heteroatoms. The second kappa shape index (κ2) is 6.49. The van der Waals surface area contributed by atoms with E-state index >= 15 is 0 Å². The van der Waals surface area contributed by atoms with Gasteiger partial charge in [0.15, 0.2) is 5.15 Å². The Bertz CT molecular complexity index is 794. The van der Waals surface area contributed by atoms with Crippen LogP contribution in [-0.4, -0.2) is 9.61 Å². The molecule has 116 valence electrons. The number of anilines is 1.